The quantitative estimate of drug-likeness (QED) is 0.592. The molecule has 2 aliphatic rings. The molecule has 0 aromatic rings. The van der Waals surface area contributed by atoms with Gasteiger partial charge in [-0.15, -0.1) is 0 Å². The van der Waals surface area contributed by atoms with Crippen LogP contribution >= 0.6 is 0 Å². The van der Waals surface area contributed by atoms with Gasteiger partial charge in [0.05, 0.1) is 0 Å². The van der Waals surface area contributed by atoms with Crippen molar-refractivity contribution in [2.45, 2.75) is 58.8 Å². The van der Waals surface area contributed by atoms with Crippen molar-refractivity contribution in [2.75, 3.05) is 0 Å². The normalized spacial score (nSPS) is 37.5. The van der Waals surface area contributed by atoms with E-state index < -0.39 is 0 Å². The molecular formula is C12H22. The van der Waals surface area contributed by atoms with E-state index in [-0.39, 0.29) is 0 Å². The Bertz CT molecular complexity index is 155. The zero-order chi connectivity index (χ0) is 8.60. The van der Waals surface area contributed by atoms with Gasteiger partial charge in [0.1, 0.15) is 0 Å². The summed E-state index contributed by atoms with van der Waals surface area (Å²) in [5, 5.41) is 0. The first kappa shape index (κ1) is 8.59. The minimum Gasteiger partial charge on any atom is -0.0654 e. The van der Waals surface area contributed by atoms with Crippen LogP contribution in [0.1, 0.15) is 58.8 Å². The Morgan fingerprint density at radius 2 is 2.00 bits per heavy atom. The second kappa shape index (κ2) is 3.05. The molecular weight excluding hydrogens is 144 g/mol. The van der Waals surface area contributed by atoms with E-state index in [9.17, 15) is 0 Å². The molecule has 2 atom stereocenters. The van der Waals surface area contributed by atoms with Gasteiger partial charge < -0.3 is 0 Å². The molecule has 0 aromatic carbocycles. The molecule has 0 aliphatic heterocycles. The minimum atomic E-state index is 0.857. The van der Waals surface area contributed by atoms with Crippen molar-refractivity contribution in [2.24, 2.45) is 17.3 Å². The molecule has 0 nitrogen and oxygen atoms in total. The fourth-order valence-corrected chi connectivity index (χ4v) is 3.38. The van der Waals surface area contributed by atoms with Gasteiger partial charge in [0, 0.05) is 0 Å². The molecule has 70 valence electrons. The summed E-state index contributed by atoms with van der Waals surface area (Å²) in [5.41, 5.74) is 0.857. The Morgan fingerprint density at radius 3 is 2.33 bits per heavy atom. The minimum absolute atomic E-state index is 0.857. The zero-order valence-corrected chi connectivity index (χ0v) is 8.60. The van der Waals surface area contributed by atoms with Crippen LogP contribution in [0, 0.1) is 17.3 Å². The van der Waals surface area contributed by atoms with Crippen molar-refractivity contribution in [1.29, 1.82) is 0 Å². The van der Waals surface area contributed by atoms with Crippen molar-refractivity contribution in [3.05, 3.63) is 0 Å². The average Bonchev–Trinajstić information content (AvgIpc) is 2.75. The molecule has 0 radical (unpaired) electrons. The van der Waals surface area contributed by atoms with E-state index in [4.69, 9.17) is 0 Å². The summed E-state index contributed by atoms with van der Waals surface area (Å²) in [6.07, 6.45) is 10.6. The Balaban J connectivity index is 1.90. The molecule has 0 N–H and O–H groups in total. The van der Waals surface area contributed by atoms with E-state index in [2.05, 4.69) is 13.8 Å². The fourth-order valence-electron chi connectivity index (χ4n) is 3.38. The van der Waals surface area contributed by atoms with Crippen LogP contribution in [0.15, 0.2) is 0 Å². The Labute approximate surface area is 76.7 Å². The van der Waals surface area contributed by atoms with Crippen LogP contribution in [0.2, 0.25) is 0 Å². The monoisotopic (exact) mass is 166 g/mol. The van der Waals surface area contributed by atoms with Crippen LogP contribution in [-0.2, 0) is 0 Å². The van der Waals surface area contributed by atoms with Gasteiger partial charge >= 0.3 is 0 Å². The Hall–Kier alpha value is 0. The molecule has 2 unspecified atom stereocenters. The van der Waals surface area contributed by atoms with E-state index >= 15 is 0 Å². The molecule has 12 heavy (non-hydrogen) atoms. The van der Waals surface area contributed by atoms with E-state index in [0.29, 0.717) is 0 Å². The highest BCUT2D eigenvalue weighted by Crippen LogP contribution is 2.63. The lowest BCUT2D eigenvalue weighted by Gasteiger charge is -2.43. The Kier molecular flexibility index (Phi) is 2.18. The number of rotatable bonds is 4. The molecule has 0 bridgehead atoms. The van der Waals surface area contributed by atoms with Gasteiger partial charge in [-0.1, -0.05) is 33.1 Å². The third-order valence-electron chi connectivity index (χ3n) is 4.33. The van der Waals surface area contributed by atoms with Gasteiger partial charge in [-0.05, 0) is 42.9 Å². The van der Waals surface area contributed by atoms with Crippen LogP contribution in [0.25, 0.3) is 0 Å². The first-order valence-electron chi connectivity index (χ1n) is 5.82. The summed E-state index contributed by atoms with van der Waals surface area (Å²) in [6, 6.07) is 0. The van der Waals surface area contributed by atoms with Gasteiger partial charge in [-0.25, -0.2) is 0 Å². The highest BCUT2D eigenvalue weighted by molar-refractivity contribution is 5.03. The highest BCUT2D eigenvalue weighted by Gasteiger charge is 2.53. The van der Waals surface area contributed by atoms with E-state index in [1.165, 1.54) is 25.7 Å². The lowest BCUT2D eigenvalue weighted by atomic mass is 9.62. The van der Waals surface area contributed by atoms with Crippen LogP contribution in [0.5, 0.6) is 0 Å². The van der Waals surface area contributed by atoms with Crippen molar-refractivity contribution in [3.63, 3.8) is 0 Å². The molecule has 0 heteroatoms. The standard InChI is InChI=1S/C12H22/c1-3-6-12(7-5-8-12)11-9-10(11)4-2/h10-11H,3-9H2,1-2H3. The second-order valence-corrected chi connectivity index (χ2v) is 4.98. The van der Waals surface area contributed by atoms with E-state index in [1.54, 1.807) is 19.3 Å². The third kappa shape index (κ3) is 1.20. The predicted octanol–water partition coefficient (Wildman–Crippen LogP) is 4.00. The molecule has 2 rings (SSSR count). The van der Waals surface area contributed by atoms with Crippen molar-refractivity contribution >= 4 is 0 Å². The molecule has 2 fully saturated rings. The molecule has 2 saturated carbocycles. The molecule has 0 spiro atoms. The smallest absolute Gasteiger partial charge is 0.0267 e. The predicted molar refractivity (Wildman–Crippen MR) is 53.1 cm³/mol. The molecule has 0 amide bonds. The summed E-state index contributed by atoms with van der Waals surface area (Å²) < 4.78 is 0. The first-order valence-corrected chi connectivity index (χ1v) is 5.82. The van der Waals surface area contributed by atoms with Gasteiger partial charge in [0.15, 0.2) is 0 Å². The van der Waals surface area contributed by atoms with Crippen LogP contribution in [-0.4, -0.2) is 0 Å². The van der Waals surface area contributed by atoms with Gasteiger partial charge in [0.2, 0.25) is 0 Å². The summed E-state index contributed by atoms with van der Waals surface area (Å²) in [7, 11) is 0. The molecule has 0 saturated heterocycles. The van der Waals surface area contributed by atoms with Crippen molar-refractivity contribution in [3.8, 4) is 0 Å². The largest absolute Gasteiger partial charge is 0.0654 e. The van der Waals surface area contributed by atoms with Crippen LogP contribution in [0.3, 0.4) is 0 Å². The lowest BCUT2D eigenvalue weighted by molar-refractivity contribution is 0.0793. The van der Waals surface area contributed by atoms with Crippen LogP contribution < -0.4 is 0 Å². The van der Waals surface area contributed by atoms with E-state index in [1.807, 2.05) is 0 Å². The van der Waals surface area contributed by atoms with Crippen molar-refractivity contribution < 1.29 is 0 Å². The summed E-state index contributed by atoms with van der Waals surface area (Å²) in [5.74, 6) is 2.27. The third-order valence-corrected chi connectivity index (χ3v) is 4.33. The maximum Gasteiger partial charge on any atom is -0.0267 e. The van der Waals surface area contributed by atoms with Gasteiger partial charge in [0.25, 0.3) is 0 Å². The maximum absolute atomic E-state index is 2.36. The second-order valence-electron chi connectivity index (χ2n) is 4.98. The van der Waals surface area contributed by atoms with Crippen molar-refractivity contribution in [1.82, 2.24) is 0 Å². The topological polar surface area (TPSA) is 0 Å². The SMILES string of the molecule is CCCC1(C2CC2CC)CCC1. The number of hydrogen-bond donors (Lipinski definition) is 0. The Morgan fingerprint density at radius 1 is 1.25 bits per heavy atom. The molecule has 0 aromatic heterocycles. The fraction of sp³-hybridized carbons (Fsp3) is 1.00. The zero-order valence-electron chi connectivity index (χ0n) is 8.60. The summed E-state index contributed by atoms with van der Waals surface area (Å²) in [4.78, 5) is 0. The van der Waals surface area contributed by atoms with Gasteiger partial charge in [-0.3, -0.25) is 0 Å². The lowest BCUT2D eigenvalue weighted by Crippen LogP contribution is -2.32. The van der Waals surface area contributed by atoms with E-state index in [0.717, 1.165) is 17.3 Å². The molecule has 0 heterocycles. The highest BCUT2D eigenvalue weighted by atomic mass is 14.6. The van der Waals surface area contributed by atoms with Crippen LogP contribution in [0.4, 0.5) is 0 Å². The summed E-state index contributed by atoms with van der Waals surface area (Å²) in [6.45, 7) is 4.71. The molecule has 2 aliphatic carbocycles. The summed E-state index contributed by atoms with van der Waals surface area (Å²) >= 11 is 0. The number of hydrogen-bond acceptors (Lipinski definition) is 0. The first-order chi connectivity index (χ1) is 5.82. The van der Waals surface area contributed by atoms with Gasteiger partial charge in [-0.2, -0.15) is 0 Å². The maximum atomic E-state index is 2.36. The average molecular weight is 166 g/mol.